The summed E-state index contributed by atoms with van der Waals surface area (Å²) >= 11 is 0.563. The second-order valence-corrected chi connectivity index (χ2v) is 9.74. The summed E-state index contributed by atoms with van der Waals surface area (Å²) in [5.41, 5.74) is -0.649. The average molecular weight is 441 g/mol. The Hall–Kier alpha value is -2.70. The second kappa shape index (κ2) is 7.61. The summed E-state index contributed by atoms with van der Waals surface area (Å²) in [6.45, 7) is 3.76. The van der Waals surface area contributed by atoms with E-state index in [1.165, 1.54) is 14.1 Å². The van der Waals surface area contributed by atoms with Gasteiger partial charge >= 0.3 is 0 Å². The summed E-state index contributed by atoms with van der Waals surface area (Å²) in [5.74, 6) is -0.219. The minimum Gasteiger partial charge on any atom is -0.503 e. The molecule has 29 heavy (non-hydrogen) atoms. The third-order valence-corrected chi connectivity index (χ3v) is 7.44. The van der Waals surface area contributed by atoms with E-state index in [-0.39, 0.29) is 27.4 Å². The number of anilines is 3. The lowest BCUT2D eigenvalue weighted by Crippen LogP contribution is -2.37. The lowest BCUT2D eigenvalue weighted by Gasteiger charge is -2.19. The van der Waals surface area contributed by atoms with Gasteiger partial charge in [-0.25, -0.2) is 12.7 Å². The van der Waals surface area contributed by atoms with Crippen molar-refractivity contribution in [2.45, 2.75) is 30.5 Å². The third kappa shape index (κ3) is 3.66. The fourth-order valence-electron chi connectivity index (χ4n) is 2.64. The molecule has 2 aromatic heterocycles. The molecule has 0 aliphatic rings. The number of hydrogen-bond donors (Lipinski definition) is 3. The zero-order valence-electron chi connectivity index (χ0n) is 16.1. The van der Waals surface area contributed by atoms with Crippen molar-refractivity contribution in [3.05, 3.63) is 44.1 Å². The van der Waals surface area contributed by atoms with Gasteiger partial charge in [0.1, 0.15) is 17.1 Å². The number of aromatic nitrogens is 1. The Balaban J connectivity index is 1.90. The van der Waals surface area contributed by atoms with Crippen LogP contribution in [0.5, 0.6) is 5.75 Å². The SMILES string of the molecule is CC[C@@H](Nc1c(Nc2nsc(S(=O)(=O)N(C)C)c2O)c(=O)c1=O)c1cc(C)co1. The molecule has 3 N–H and O–H groups in total. The summed E-state index contributed by atoms with van der Waals surface area (Å²) in [6, 6.07) is 1.48. The lowest BCUT2D eigenvalue weighted by molar-refractivity contribution is 0.459. The number of rotatable bonds is 8. The van der Waals surface area contributed by atoms with Crippen LogP contribution in [0.25, 0.3) is 0 Å². The van der Waals surface area contributed by atoms with E-state index in [4.69, 9.17) is 4.42 Å². The first-order valence-electron chi connectivity index (χ1n) is 8.61. The van der Waals surface area contributed by atoms with E-state index in [0.717, 1.165) is 9.87 Å². The van der Waals surface area contributed by atoms with Crippen LogP contribution >= 0.6 is 11.5 Å². The van der Waals surface area contributed by atoms with Gasteiger partial charge in [-0.1, -0.05) is 6.92 Å². The number of hydrogen-bond acceptors (Lipinski definition) is 10. The van der Waals surface area contributed by atoms with Crippen molar-refractivity contribution in [2.75, 3.05) is 24.7 Å². The van der Waals surface area contributed by atoms with Gasteiger partial charge < -0.3 is 20.2 Å². The highest BCUT2D eigenvalue weighted by Gasteiger charge is 2.30. The van der Waals surface area contributed by atoms with Crippen molar-refractivity contribution in [3.63, 3.8) is 0 Å². The van der Waals surface area contributed by atoms with Gasteiger partial charge in [-0.05, 0) is 36.5 Å². The average Bonchev–Trinajstić information content (AvgIpc) is 3.26. The first-order valence-corrected chi connectivity index (χ1v) is 10.8. The lowest BCUT2D eigenvalue weighted by atomic mass is 10.1. The zero-order chi connectivity index (χ0) is 21.5. The van der Waals surface area contributed by atoms with E-state index >= 15 is 0 Å². The van der Waals surface area contributed by atoms with Crippen LogP contribution in [0.1, 0.15) is 30.7 Å². The monoisotopic (exact) mass is 440 g/mol. The number of aromatic hydroxyl groups is 1. The van der Waals surface area contributed by atoms with Crippen LogP contribution in [0.3, 0.4) is 0 Å². The molecule has 0 radical (unpaired) electrons. The molecule has 1 aromatic carbocycles. The fourth-order valence-corrected chi connectivity index (χ4v) is 4.74. The smallest absolute Gasteiger partial charge is 0.257 e. The summed E-state index contributed by atoms with van der Waals surface area (Å²) in [5, 5.41) is 15.8. The molecule has 0 aliphatic heterocycles. The van der Waals surface area contributed by atoms with Crippen LogP contribution < -0.4 is 21.5 Å². The van der Waals surface area contributed by atoms with E-state index in [0.29, 0.717) is 23.7 Å². The van der Waals surface area contributed by atoms with Crippen LogP contribution in [0.15, 0.2) is 30.5 Å². The molecule has 10 nitrogen and oxygen atoms in total. The van der Waals surface area contributed by atoms with Crippen molar-refractivity contribution in [1.82, 2.24) is 8.68 Å². The summed E-state index contributed by atoms with van der Waals surface area (Å²) in [7, 11) is -1.26. The maximum absolute atomic E-state index is 12.2. The molecule has 0 aliphatic carbocycles. The largest absolute Gasteiger partial charge is 0.503 e. The van der Waals surface area contributed by atoms with Crippen LogP contribution in [-0.2, 0) is 10.0 Å². The highest BCUT2D eigenvalue weighted by molar-refractivity contribution is 7.91. The zero-order valence-corrected chi connectivity index (χ0v) is 17.8. The highest BCUT2D eigenvalue weighted by atomic mass is 32.2. The topological polar surface area (TPSA) is 142 Å². The summed E-state index contributed by atoms with van der Waals surface area (Å²) in [6.07, 6.45) is 2.17. The van der Waals surface area contributed by atoms with Crippen molar-refractivity contribution in [1.29, 1.82) is 0 Å². The van der Waals surface area contributed by atoms with Crippen LogP contribution in [0, 0.1) is 6.92 Å². The highest BCUT2D eigenvalue weighted by Crippen LogP contribution is 2.38. The molecule has 1 atom stereocenters. The molecule has 0 saturated carbocycles. The molecular weight excluding hydrogens is 420 g/mol. The number of aryl methyl sites for hydroxylation is 1. The Kier molecular flexibility index (Phi) is 5.52. The molecule has 0 unspecified atom stereocenters. The van der Waals surface area contributed by atoms with Crippen molar-refractivity contribution < 1.29 is 17.9 Å². The molecule has 2 heterocycles. The second-order valence-electron chi connectivity index (χ2n) is 6.62. The molecule has 12 heteroatoms. The van der Waals surface area contributed by atoms with Crippen molar-refractivity contribution >= 4 is 38.7 Å². The fraction of sp³-hybridized carbons (Fsp3) is 0.353. The Morgan fingerprint density at radius 1 is 1.28 bits per heavy atom. The van der Waals surface area contributed by atoms with Gasteiger partial charge in [-0.3, -0.25) is 9.59 Å². The Labute approximate surface area is 170 Å². The predicted molar refractivity (Wildman–Crippen MR) is 109 cm³/mol. The van der Waals surface area contributed by atoms with Crippen molar-refractivity contribution in [3.8, 4) is 5.75 Å². The number of nitrogens with zero attached hydrogens (tertiary/aromatic N) is 2. The molecule has 0 spiro atoms. The molecule has 0 amide bonds. The molecular formula is C17H20N4O6S2. The normalized spacial score (nSPS) is 13.1. The summed E-state index contributed by atoms with van der Waals surface area (Å²) in [4.78, 5) is 24.1. The Bertz CT molecular complexity index is 1220. The number of furan rings is 1. The molecule has 0 fully saturated rings. The van der Waals surface area contributed by atoms with Gasteiger partial charge in [-0.2, -0.15) is 4.37 Å². The molecule has 3 rings (SSSR count). The minimum atomic E-state index is -3.90. The van der Waals surface area contributed by atoms with E-state index in [9.17, 15) is 23.1 Å². The van der Waals surface area contributed by atoms with Gasteiger partial charge in [0.2, 0.25) is 0 Å². The Morgan fingerprint density at radius 2 is 1.93 bits per heavy atom. The van der Waals surface area contributed by atoms with Crippen LogP contribution in [0.2, 0.25) is 0 Å². The first-order chi connectivity index (χ1) is 13.6. The predicted octanol–water partition coefficient (Wildman–Crippen LogP) is 1.90. The van der Waals surface area contributed by atoms with Gasteiger partial charge in [-0.15, -0.1) is 0 Å². The first kappa shape index (κ1) is 21.0. The van der Waals surface area contributed by atoms with Crippen molar-refractivity contribution in [2.24, 2.45) is 0 Å². The van der Waals surface area contributed by atoms with Gasteiger partial charge in [0.25, 0.3) is 20.9 Å². The van der Waals surface area contributed by atoms with Gasteiger partial charge in [0.05, 0.1) is 12.3 Å². The maximum atomic E-state index is 12.2. The van der Waals surface area contributed by atoms with E-state index in [2.05, 4.69) is 15.0 Å². The molecule has 3 aromatic rings. The summed E-state index contributed by atoms with van der Waals surface area (Å²) < 4.78 is 34.3. The third-order valence-electron chi connectivity index (χ3n) is 4.33. The number of nitrogens with one attached hydrogen (secondary N) is 2. The van der Waals surface area contributed by atoms with E-state index in [1.807, 2.05) is 19.9 Å². The standard InChI is InChI=1S/C17H20N4O6S2/c1-5-9(10-6-8(2)7-27-10)18-11-12(14(23)13(11)22)19-16-15(24)17(28-20-16)29(25,26)21(3)4/h6-7,9,18,24H,5H2,1-4H3,(H,19,20)/t9-/m1/s1. The van der Waals surface area contributed by atoms with E-state index < -0.39 is 26.6 Å². The molecule has 0 bridgehead atoms. The van der Waals surface area contributed by atoms with Crippen LogP contribution in [-0.4, -0.2) is 36.3 Å². The molecule has 156 valence electrons. The molecule has 0 saturated heterocycles. The van der Waals surface area contributed by atoms with E-state index in [1.54, 1.807) is 6.26 Å². The number of sulfonamides is 1. The van der Waals surface area contributed by atoms with Crippen LogP contribution in [0.4, 0.5) is 17.2 Å². The quantitative estimate of drug-likeness (QED) is 0.448. The minimum absolute atomic E-state index is 0.0281. The maximum Gasteiger partial charge on any atom is 0.257 e. The van der Waals surface area contributed by atoms with Gasteiger partial charge in [0.15, 0.2) is 15.8 Å². The van der Waals surface area contributed by atoms with Gasteiger partial charge in [0, 0.05) is 14.1 Å². The Morgan fingerprint density at radius 3 is 2.48 bits per heavy atom.